The molecule has 0 unspecified atom stereocenters. The second-order valence-corrected chi connectivity index (χ2v) is 11.3. The largest absolute Gasteiger partial charge is 0.246 e. The summed E-state index contributed by atoms with van der Waals surface area (Å²) in [6.07, 6.45) is 0. The Balaban J connectivity index is 1.76. The Labute approximate surface area is 250 Å². The summed E-state index contributed by atoms with van der Waals surface area (Å²) in [4.78, 5) is 16.0. The first-order chi connectivity index (χ1) is 20.2. The van der Waals surface area contributed by atoms with E-state index in [-0.39, 0.29) is 0 Å². The lowest BCUT2D eigenvalue weighted by molar-refractivity contribution is 1.20. The van der Waals surface area contributed by atoms with Gasteiger partial charge < -0.3 is 0 Å². The molecular weight excluding hydrogens is 510 g/mol. The van der Waals surface area contributed by atoms with Gasteiger partial charge in [0, 0.05) is 11.1 Å². The molecule has 0 aliphatic carbocycles. The normalized spacial score (nSPS) is 12.1. The molecule has 5 rings (SSSR count). The van der Waals surface area contributed by atoms with Gasteiger partial charge in [-0.3, -0.25) is 0 Å². The maximum absolute atomic E-state index is 5.34. The quantitative estimate of drug-likeness (QED) is 0.194. The molecule has 3 nitrogen and oxygen atoms in total. The fraction of sp³-hybridized carbons (Fsp3) is 0.205. The average molecular weight is 550 g/mol. The van der Waals surface area contributed by atoms with Crippen molar-refractivity contribution in [2.45, 2.75) is 55.4 Å². The van der Waals surface area contributed by atoms with Gasteiger partial charge in [-0.1, -0.05) is 78.9 Å². The SMILES string of the molecule is Cc1cc(C)c(C)c(/N=C(\c2ccccc2)c2cccc(/C(=N/c3c(C)c(C)cc(C)c3C)c3ccccc3)n2)c1C. The van der Waals surface area contributed by atoms with E-state index in [9.17, 15) is 0 Å². The molecule has 0 aliphatic rings. The number of pyridine rings is 1. The molecule has 0 fully saturated rings. The summed E-state index contributed by atoms with van der Waals surface area (Å²) in [5, 5.41) is 0. The van der Waals surface area contributed by atoms with Gasteiger partial charge in [0.2, 0.25) is 0 Å². The van der Waals surface area contributed by atoms with Crippen LogP contribution in [0.4, 0.5) is 11.4 Å². The minimum Gasteiger partial charge on any atom is -0.246 e. The van der Waals surface area contributed by atoms with Crippen molar-refractivity contribution >= 4 is 22.8 Å². The highest BCUT2D eigenvalue weighted by molar-refractivity contribution is 6.16. The topological polar surface area (TPSA) is 37.6 Å². The second-order valence-electron chi connectivity index (χ2n) is 11.3. The molecule has 0 atom stereocenters. The minimum absolute atomic E-state index is 0.814. The van der Waals surface area contributed by atoms with Crippen molar-refractivity contribution in [3.8, 4) is 0 Å². The van der Waals surface area contributed by atoms with E-state index in [0.29, 0.717) is 0 Å². The zero-order valence-electron chi connectivity index (χ0n) is 26.0. The van der Waals surface area contributed by atoms with Crippen LogP contribution in [-0.4, -0.2) is 16.4 Å². The van der Waals surface area contributed by atoms with Gasteiger partial charge in [-0.25, -0.2) is 15.0 Å². The van der Waals surface area contributed by atoms with E-state index in [1.54, 1.807) is 0 Å². The van der Waals surface area contributed by atoms with Crippen LogP contribution in [0, 0.1) is 55.4 Å². The highest BCUT2D eigenvalue weighted by atomic mass is 14.9. The van der Waals surface area contributed by atoms with Crippen LogP contribution in [-0.2, 0) is 0 Å². The van der Waals surface area contributed by atoms with Crippen molar-refractivity contribution in [1.82, 2.24) is 4.98 Å². The number of hydrogen-bond donors (Lipinski definition) is 0. The molecule has 0 amide bonds. The summed E-state index contributed by atoms with van der Waals surface area (Å²) >= 11 is 0. The van der Waals surface area contributed by atoms with Crippen LogP contribution in [0.1, 0.15) is 67.0 Å². The number of rotatable bonds is 6. The third kappa shape index (κ3) is 5.73. The molecule has 0 N–H and O–H groups in total. The van der Waals surface area contributed by atoms with Crippen molar-refractivity contribution < 1.29 is 0 Å². The molecule has 1 aromatic heterocycles. The number of benzene rings is 4. The van der Waals surface area contributed by atoms with Crippen LogP contribution in [0.3, 0.4) is 0 Å². The zero-order valence-corrected chi connectivity index (χ0v) is 26.0. The summed E-state index contributed by atoms with van der Waals surface area (Å²) in [6, 6.07) is 31.4. The molecule has 3 heteroatoms. The van der Waals surface area contributed by atoms with Gasteiger partial charge in [0.05, 0.1) is 34.2 Å². The van der Waals surface area contributed by atoms with Crippen molar-refractivity contribution in [1.29, 1.82) is 0 Å². The third-order valence-electron chi connectivity index (χ3n) is 8.43. The van der Waals surface area contributed by atoms with Crippen LogP contribution in [0.25, 0.3) is 0 Å². The van der Waals surface area contributed by atoms with E-state index < -0.39 is 0 Å². The molecule has 42 heavy (non-hydrogen) atoms. The zero-order chi connectivity index (χ0) is 30.0. The maximum atomic E-state index is 5.34. The van der Waals surface area contributed by atoms with Gasteiger partial charge in [-0.2, -0.15) is 0 Å². The van der Waals surface area contributed by atoms with Gasteiger partial charge in [-0.05, 0) is 112 Å². The Bertz CT molecular complexity index is 1640. The van der Waals surface area contributed by atoms with E-state index in [4.69, 9.17) is 15.0 Å². The molecular formula is C39H39N3. The van der Waals surface area contributed by atoms with Crippen LogP contribution in [0.5, 0.6) is 0 Å². The molecule has 1 heterocycles. The maximum Gasteiger partial charge on any atom is 0.0966 e. The van der Waals surface area contributed by atoms with Gasteiger partial charge in [0.15, 0.2) is 0 Å². The number of aliphatic imine (C=N–C) groups is 2. The summed E-state index contributed by atoms with van der Waals surface area (Å²) in [7, 11) is 0. The Morgan fingerprint density at radius 3 is 1.10 bits per heavy atom. The first-order valence-corrected chi connectivity index (χ1v) is 14.6. The summed E-state index contributed by atoms with van der Waals surface area (Å²) in [5.41, 5.74) is 17.1. The smallest absolute Gasteiger partial charge is 0.0966 e. The van der Waals surface area contributed by atoms with Gasteiger partial charge in [0.1, 0.15) is 0 Å². The highest BCUT2D eigenvalue weighted by Gasteiger charge is 2.17. The van der Waals surface area contributed by atoms with Gasteiger partial charge in [0.25, 0.3) is 0 Å². The predicted molar refractivity (Wildman–Crippen MR) is 178 cm³/mol. The fourth-order valence-corrected chi connectivity index (χ4v) is 5.38. The Morgan fingerprint density at radius 2 is 0.762 bits per heavy atom. The van der Waals surface area contributed by atoms with E-state index in [1.807, 2.05) is 12.1 Å². The van der Waals surface area contributed by atoms with Crippen LogP contribution in [0.15, 0.2) is 101 Å². The van der Waals surface area contributed by atoms with Crippen LogP contribution < -0.4 is 0 Å². The monoisotopic (exact) mass is 549 g/mol. The number of hydrogen-bond acceptors (Lipinski definition) is 3. The lowest BCUT2D eigenvalue weighted by Gasteiger charge is -2.16. The molecule has 0 aliphatic heterocycles. The summed E-state index contributed by atoms with van der Waals surface area (Å²) in [5.74, 6) is 0. The molecule has 0 saturated carbocycles. The standard InChI is InChI=1S/C39H39N3/c1-24-22-25(2)29(6)36(28(24)5)41-38(32-16-11-9-12-17-32)34-20-15-21-35(40-34)39(33-18-13-10-14-19-33)42-37-30(7)26(3)23-27(4)31(37)8/h9-23H,1-8H3/b41-38+,42-39+. The summed E-state index contributed by atoms with van der Waals surface area (Å²) < 4.78 is 0. The highest BCUT2D eigenvalue weighted by Crippen LogP contribution is 2.32. The van der Waals surface area contributed by atoms with Crippen molar-refractivity contribution in [3.05, 3.63) is 158 Å². The van der Waals surface area contributed by atoms with Crippen LogP contribution >= 0.6 is 0 Å². The predicted octanol–water partition coefficient (Wildman–Crippen LogP) is 9.89. The van der Waals surface area contributed by atoms with Crippen LogP contribution in [0.2, 0.25) is 0 Å². The van der Waals surface area contributed by atoms with E-state index in [2.05, 4.69) is 134 Å². The summed E-state index contributed by atoms with van der Waals surface area (Å²) in [6.45, 7) is 17.2. The third-order valence-corrected chi connectivity index (χ3v) is 8.43. The first-order valence-electron chi connectivity index (χ1n) is 14.6. The second kappa shape index (κ2) is 12.1. The molecule has 210 valence electrons. The lowest BCUT2D eigenvalue weighted by atomic mass is 9.97. The van der Waals surface area contributed by atoms with E-state index in [1.165, 1.54) is 44.5 Å². The molecule has 4 aromatic carbocycles. The molecule has 0 radical (unpaired) electrons. The Morgan fingerprint density at radius 1 is 0.429 bits per heavy atom. The van der Waals surface area contributed by atoms with E-state index >= 15 is 0 Å². The Kier molecular flexibility index (Phi) is 8.31. The van der Waals surface area contributed by atoms with Gasteiger partial charge in [-0.15, -0.1) is 0 Å². The Hall–Kier alpha value is -4.63. The average Bonchev–Trinajstić information content (AvgIpc) is 3.00. The van der Waals surface area contributed by atoms with Crippen molar-refractivity contribution in [3.63, 3.8) is 0 Å². The molecule has 0 bridgehead atoms. The molecule has 0 saturated heterocycles. The number of aryl methyl sites for hydroxylation is 4. The number of aromatic nitrogens is 1. The van der Waals surface area contributed by atoms with Crippen molar-refractivity contribution in [2.24, 2.45) is 9.98 Å². The molecule has 5 aromatic rings. The van der Waals surface area contributed by atoms with Crippen molar-refractivity contribution in [2.75, 3.05) is 0 Å². The number of nitrogens with zero attached hydrogens (tertiary/aromatic N) is 3. The van der Waals surface area contributed by atoms with Gasteiger partial charge >= 0.3 is 0 Å². The molecule has 0 spiro atoms. The fourth-order valence-electron chi connectivity index (χ4n) is 5.38. The minimum atomic E-state index is 0.814. The lowest BCUT2D eigenvalue weighted by Crippen LogP contribution is -2.12. The first kappa shape index (κ1) is 28.9. The van der Waals surface area contributed by atoms with E-state index in [0.717, 1.165) is 45.3 Å².